The normalized spacial score (nSPS) is 12.2. The van der Waals surface area contributed by atoms with E-state index in [9.17, 15) is 23.1 Å². The van der Waals surface area contributed by atoms with Crippen molar-refractivity contribution in [2.45, 2.75) is 25.2 Å². The Morgan fingerprint density at radius 3 is 2.18 bits per heavy atom. The Morgan fingerprint density at radius 1 is 1.04 bits per heavy atom. The minimum absolute atomic E-state index is 0.00653. The monoisotopic (exact) mass is 402 g/mol. The van der Waals surface area contributed by atoms with E-state index in [0.29, 0.717) is 16.7 Å². The number of rotatable bonds is 7. The van der Waals surface area contributed by atoms with Crippen LogP contribution in [0.3, 0.4) is 0 Å². The van der Waals surface area contributed by atoms with E-state index in [-0.39, 0.29) is 17.1 Å². The molecule has 0 radical (unpaired) electrons. The number of carboxylic acid groups (broad SMARTS) is 1. The predicted molar refractivity (Wildman–Crippen MR) is 106 cm³/mol. The molecule has 0 aliphatic heterocycles. The summed E-state index contributed by atoms with van der Waals surface area (Å²) in [7, 11) is -3.38. The number of ether oxygens (including phenoxy) is 1. The number of hydrogen-bond acceptors (Lipinski definition) is 5. The Bertz CT molecular complexity index is 1020. The van der Waals surface area contributed by atoms with Gasteiger partial charge in [-0.25, -0.2) is 13.2 Å². The second-order valence-corrected chi connectivity index (χ2v) is 8.33. The zero-order valence-electron chi connectivity index (χ0n) is 15.9. The van der Waals surface area contributed by atoms with Gasteiger partial charge in [0.1, 0.15) is 0 Å². The standard InChI is InChI=1S/C21H22O6S/c1-4-27-21(24)18(13-19(22)23)20(16-7-5-6-14(2)12-16)15-8-10-17(11-9-15)28(3,25)26/h5-12H,4,13H2,1-3H3,(H,22,23)/b20-18+. The van der Waals surface area contributed by atoms with Crippen molar-refractivity contribution in [1.82, 2.24) is 0 Å². The Labute approximate surface area is 164 Å². The summed E-state index contributed by atoms with van der Waals surface area (Å²) in [6.07, 6.45) is 0.587. The van der Waals surface area contributed by atoms with Crippen molar-refractivity contribution < 1.29 is 27.9 Å². The van der Waals surface area contributed by atoms with E-state index in [1.54, 1.807) is 31.2 Å². The zero-order valence-corrected chi connectivity index (χ0v) is 16.7. The van der Waals surface area contributed by atoms with Crippen LogP contribution in [0.4, 0.5) is 0 Å². The van der Waals surface area contributed by atoms with E-state index in [0.717, 1.165) is 11.8 Å². The van der Waals surface area contributed by atoms with Crippen molar-refractivity contribution in [1.29, 1.82) is 0 Å². The molecule has 7 heteroatoms. The third-order valence-electron chi connectivity index (χ3n) is 4.03. The van der Waals surface area contributed by atoms with Gasteiger partial charge in [-0.15, -0.1) is 0 Å². The third kappa shape index (κ3) is 5.29. The number of carbonyl (C=O) groups is 2. The van der Waals surface area contributed by atoms with Gasteiger partial charge in [-0.1, -0.05) is 42.0 Å². The molecule has 0 heterocycles. The van der Waals surface area contributed by atoms with Crippen molar-refractivity contribution in [3.05, 3.63) is 70.8 Å². The molecule has 2 rings (SSSR count). The smallest absolute Gasteiger partial charge is 0.335 e. The maximum Gasteiger partial charge on any atom is 0.335 e. The molecule has 0 aliphatic carbocycles. The zero-order chi connectivity index (χ0) is 20.9. The minimum atomic E-state index is -3.38. The van der Waals surface area contributed by atoms with Gasteiger partial charge in [0.25, 0.3) is 0 Å². The fourth-order valence-corrected chi connectivity index (χ4v) is 3.45. The summed E-state index contributed by atoms with van der Waals surface area (Å²) in [4.78, 5) is 24.1. The largest absolute Gasteiger partial charge is 0.481 e. The van der Waals surface area contributed by atoms with Crippen LogP contribution in [-0.4, -0.2) is 38.3 Å². The van der Waals surface area contributed by atoms with Gasteiger partial charge in [-0.2, -0.15) is 0 Å². The first-order valence-electron chi connectivity index (χ1n) is 8.63. The topological polar surface area (TPSA) is 97.7 Å². The predicted octanol–water partition coefficient (Wildman–Crippen LogP) is 3.24. The van der Waals surface area contributed by atoms with Crippen LogP contribution in [0.2, 0.25) is 0 Å². The Kier molecular flexibility index (Phi) is 6.75. The highest BCUT2D eigenvalue weighted by Crippen LogP contribution is 2.31. The van der Waals surface area contributed by atoms with Gasteiger partial charge in [0, 0.05) is 6.26 Å². The van der Waals surface area contributed by atoms with Crippen molar-refractivity contribution in [2.24, 2.45) is 0 Å². The summed E-state index contributed by atoms with van der Waals surface area (Å²) in [6, 6.07) is 13.3. The molecule has 148 valence electrons. The van der Waals surface area contributed by atoms with Gasteiger partial charge < -0.3 is 9.84 Å². The molecule has 0 fully saturated rings. The van der Waals surface area contributed by atoms with Gasteiger partial charge in [0.2, 0.25) is 0 Å². The number of esters is 1. The lowest BCUT2D eigenvalue weighted by Crippen LogP contribution is -2.14. The first-order valence-corrected chi connectivity index (χ1v) is 10.5. The number of aryl methyl sites for hydroxylation is 1. The van der Waals surface area contributed by atoms with E-state index < -0.39 is 28.2 Å². The molecule has 0 aromatic heterocycles. The van der Waals surface area contributed by atoms with Crippen molar-refractivity contribution >= 4 is 27.3 Å². The van der Waals surface area contributed by atoms with E-state index in [2.05, 4.69) is 0 Å². The number of benzene rings is 2. The molecule has 0 saturated heterocycles. The highest BCUT2D eigenvalue weighted by Gasteiger charge is 2.22. The molecule has 0 amide bonds. The van der Waals surface area contributed by atoms with Crippen LogP contribution in [-0.2, 0) is 24.2 Å². The van der Waals surface area contributed by atoms with E-state index in [1.165, 1.54) is 12.1 Å². The Morgan fingerprint density at radius 2 is 1.68 bits per heavy atom. The number of aliphatic carboxylic acids is 1. The molecule has 2 aromatic rings. The summed E-state index contributed by atoms with van der Waals surface area (Å²) in [5.41, 5.74) is 2.52. The van der Waals surface area contributed by atoms with Crippen LogP contribution < -0.4 is 0 Å². The van der Waals surface area contributed by atoms with Crippen LogP contribution in [0.5, 0.6) is 0 Å². The van der Waals surface area contributed by atoms with Crippen molar-refractivity contribution in [3.8, 4) is 0 Å². The molecule has 2 aromatic carbocycles. The molecule has 6 nitrogen and oxygen atoms in total. The first kappa shape index (κ1) is 21.4. The minimum Gasteiger partial charge on any atom is -0.481 e. The molecule has 28 heavy (non-hydrogen) atoms. The number of carboxylic acids is 1. The fraction of sp³-hybridized carbons (Fsp3) is 0.238. The van der Waals surface area contributed by atoms with Crippen molar-refractivity contribution in [3.63, 3.8) is 0 Å². The maximum absolute atomic E-state index is 12.5. The summed E-state index contributed by atoms with van der Waals surface area (Å²) in [5, 5.41) is 9.33. The average molecular weight is 402 g/mol. The van der Waals surface area contributed by atoms with Crippen LogP contribution >= 0.6 is 0 Å². The highest BCUT2D eigenvalue weighted by atomic mass is 32.2. The van der Waals surface area contributed by atoms with E-state index >= 15 is 0 Å². The first-order chi connectivity index (χ1) is 13.1. The third-order valence-corrected chi connectivity index (χ3v) is 5.16. The van der Waals surface area contributed by atoms with Crippen LogP contribution in [0, 0.1) is 6.92 Å². The molecule has 0 unspecified atom stereocenters. The summed E-state index contributed by atoms with van der Waals surface area (Å²) >= 11 is 0. The maximum atomic E-state index is 12.5. The second kappa shape index (κ2) is 8.84. The molecule has 0 spiro atoms. The van der Waals surface area contributed by atoms with Crippen LogP contribution in [0.15, 0.2) is 59.0 Å². The summed E-state index contributed by atoms with van der Waals surface area (Å²) < 4.78 is 28.6. The van der Waals surface area contributed by atoms with Gasteiger partial charge in [-0.3, -0.25) is 4.79 Å². The molecule has 0 bridgehead atoms. The quantitative estimate of drug-likeness (QED) is 0.564. The van der Waals surface area contributed by atoms with E-state index in [4.69, 9.17) is 4.74 Å². The Balaban J connectivity index is 2.77. The molecular formula is C21H22O6S. The SMILES string of the molecule is CCOC(=O)/C(CC(=O)O)=C(\c1ccc(S(C)(=O)=O)cc1)c1cccc(C)c1. The lowest BCUT2D eigenvalue weighted by atomic mass is 9.90. The second-order valence-electron chi connectivity index (χ2n) is 6.31. The number of carbonyl (C=O) groups excluding carboxylic acids is 1. The lowest BCUT2D eigenvalue weighted by Gasteiger charge is -2.15. The van der Waals surface area contributed by atoms with Gasteiger partial charge in [0.15, 0.2) is 9.84 Å². The number of hydrogen-bond donors (Lipinski definition) is 1. The van der Waals surface area contributed by atoms with Crippen molar-refractivity contribution in [2.75, 3.05) is 12.9 Å². The molecule has 0 aliphatic rings. The molecule has 0 atom stereocenters. The summed E-state index contributed by atoms with van der Waals surface area (Å²) in [5.74, 6) is -1.88. The average Bonchev–Trinajstić information content (AvgIpc) is 2.61. The van der Waals surface area contributed by atoms with Gasteiger partial charge >= 0.3 is 11.9 Å². The molecule has 0 saturated carbocycles. The van der Waals surface area contributed by atoms with E-state index in [1.807, 2.05) is 19.1 Å². The summed E-state index contributed by atoms with van der Waals surface area (Å²) in [6.45, 7) is 3.63. The van der Waals surface area contributed by atoms with Crippen LogP contribution in [0.1, 0.15) is 30.0 Å². The lowest BCUT2D eigenvalue weighted by molar-refractivity contribution is -0.142. The van der Waals surface area contributed by atoms with Gasteiger partial charge in [-0.05, 0) is 42.7 Å². The van der Waals surface area contributed by atoms with Gasteiger partial charge in [0.05, 0.1) is 23.5 Å². The van der Waals surface area contributed by atoms with Crippen LogP contribution in [0.25, 0.3) is 5.57 Å². The molecule has 1 N–H and O–H groups in total. The molecular weight excluding hydrogens is 380 g/mol. The Hall–Kier alpha value is -2.93. The highest BCUT2D eigenvalue weighted by molar-refractivity contribution is 7.90. The fourth-order valence-electron chi connectivity index (χ4n) is 2.82. The number of sulfone groups is 1.